The Labute approximate surface area is 114 Å². The minimum absolute atomic E-state index is 0.223. The number of rotatable bonds is 5. The number of nitrogens with zero attached hydrogens (tertiary/aromatic N) is 1. The Morgan fingerprint density at radius 3 is 2.50 bits per heavy atom. The number of likely N-dealkylation sites (N-methyl/N-ethyl adjacent to an activating group) is 1. The summed E-state index contributed by atoms with van der Waals surface area (Å²) in [5.41, 5.74) is 1.66. The third kappa shape index (κ3) is 3.34. The van der Waals surface area contributed by atoms with Crippen molar-refractivity contribution < 1.29 is 8.42 Å². The second-order valence-corrected chi connectivity index (χ2v) is 6.64. The summed E-state index contributed by atoms with van der Waals surface area (Å²) in [5.74, 6) is 0. The summed E-state index contributed by atoms with van der Waals surface area (Å²) in [6.07, 6.45) is 0. The Kier molecular flexibility index (Phi) is 4.96. The van der Waals surface area contributed by atoms with E-state index in [0.717, 1.165) is 11.1 Å². The maximum absolute atomic E-state index is 12.4. The van der Waals surface area contributed by atoms with E-state index in [4.69, 9.17) is 11.6 Å². The zero-order valence-electron chi connectivity index (χ0n) is 10.9. The molecule has 5 heteroatoms. The molecule has 0 spiro atoms. The first-order chi connectivity index (χ1) is 8.28. The van der Waals surface area contributed by atoms with E-state index in [-0.39, 0.29) is 4.90 Å². The fourth-order valence-corrected chi connectivity index (χ4v) is 3.33. The monoisotopic (exact) mass is 287 g/mol. The Morgan fingerprint density at radius 1 is 1.44 bits per heavy atom. The van der Waals surface area contributed by atoms with Gasteiger partial charge in [-0.2, -0.15) is 4.31 Å². The van der Waals surface area contributed by atoms with Crippen LogP contribution < -0.4 is 0 Å². The summed E-state index contributed by atoms with van der Waals surface area (Å²) >= 11 is 5.97. The van der Waals surface area contributed by atoms with Gasteiger partial charge < -0.3 is 0 Å². The first kappa shape index (κ1) is 15.2. The van der Waals surface area contributed by atoms with Crippen LogP contribution in [-0.4, -0.2) is 25.8 Å². The molecule has 0 fully saturated rings. The average molecular weight is 288 g/mol. The van der Waals surface area contributed by atoms with Crippen molar-refractivity contribution in [1.82, 2.24) is 4.31 Å². The Hall–Kier alpha value is -0.840. The van der Waals surface area contributed by atoms with Gasteiger partial charge in [-0.25, -0.2) is 8.42 Å². The van der Waals surface area contributed by atoms with Gasteiger partial charge in [0.15, 0.2) is 0 Å². The van der Waals surface area contributed by atoms with Gasteiger partial charge >= 0.3 is 0 Å². The van der Waals surface area contributed by atoms with Crippen molar-refractivity contribution in [1.29, 1.82) is 0 Å². The van der Waals surface area contributed by atoms with E-state index in [0.29, 0.717) is 18.1 Å². The number of halogens is 1. The van der Waals surface area contributed by atoms with Crippen LogP contribution in [0.15, 0.2) is 35.2 Å². The second-order valence-electron chi connectivity index (χ2n) is 4.30. The van der Waals surface area contributed by atoms with Crippen molar-refractivity contribution in [2.75, 3.05) is 13.1 Å². The van der Waals surface area contributed by atoms with Gasteiger partial charge in [0.05, 0.1) is 4.90 Å². The zero-order chi connectivity index (χ0) is 13.9. The van der Waals surface area contributed by atoms with Crippen molar-refractivity contribution in [2.45, 2.75) is 25.7 Å². The molecule has 0 saturated carbocycles. The molecule has 0 saturated heterocycles. The fraction of sp³-hybridized carbons (Fsp3) is 0.385. The molecule has 0 aliphatic carbocycles. The first-order valence-electron chi connectivity index (χ1n) is 5.69. The van der Waals surface area contributed by atoms with E-state index >= 15 is 0 Å². The third-order valence-electron chi connectivity index (χ3n) is 2.58. The molecule has 0 atom stereocenters. The lowest BCUT2D eigenvalue weighted by molar-refractivity contribution is 0.453. The summed E-state index contributed by atoms with van der Waals surface area (Å²) in [4.78, 5) is 0.223. The topological polar surface area (TPSA) is 37.4 Å². The normalized spacial score (nSPS) is 11.8. The fourth-order valence-electron chi connectivity index (χ4n) is 1.55. The van der Waals surface area contributed by atoms with Crippen molar-refractivity contribution in [3.8, 4) is 0 Å². The maximum Gasteiger partial charge on any atom is 0.243 e. The molecule has 18 heavy (non-hydrogen) atoms. The van der Waals surface area contributed by atoms with Gasteiger partial charge in [0.25, 0.3) is 0 Å². The largest absolute Gasteiger partial charge is 0.243 e. The summed E-state index contributed by atoms with van der Waals surface area (Å²) in [7, 11) is -3.50. The molecule has 0 heterocycles. The summed E-state index contributed by atoms with van der Waals surface area (Å²) < 4.78 is 26.2. The summed E-state index contributed by atoms with van der Waals surface area (Å²) in [6, 6.07) is 4.79. The van der Waals surface area contributed by atoms with Crippen LogP contribution in [0.4, 0.5) is 0 Å². The lowest BCUT2D eigenvalue weighted by Crippen LogP contribution is -2.32. The van der Waals surface area contributed by atoms with Gasteiger partial charge in [-0.1, -0.05) is 36.7 Å². The summed E-state index contributed by atoms with van der Waals surface area (Å²) in [6.45, 7) is 9.92. The van der Waals surface area contributed by atoms with Crippen LogP contribution >= 0.6 is 11.6 Å². The van der Waals surface area contributed by atoms with Crippen LogP contribution in [0, 0.1) is 6.92 Å². The minimum Gasteiger partial charge on any atom is -0.207 e. The van der Waals surface area contributed by atoms with Crippen LogP contribution in [-0.2, 0) is 10.0 Å². The van der Waals surface area contributed by atoms with Gasteiger partial charge in [-0.05, 0) is 31.5 Å². The van der Waals surface area contributed by atoms with Gasteiger partial charge in [-0.15, -0.1) is 0 Å². The highest BCUT2D eigenvalue weighted by Crippen LogP contribution is 2.23. The highest BCUT2D eigenvalue weighted by atomic mass is 35.5. The smallest absolute Gasteiger partial charge is 0.207 e. The van der Waals surface area contributed by atoms with Gasteiger partial charge in [0, 0.05) is 18.1 Å². The van der Waals surface area contributed by atoms with Gasteiger partial charge in [-0.3, -0.25) is 0 Å². The van der Waals surface area contributed by atoms with Gasteiger partial charge in [0.1, 0.15) is 0 Å². The van der Waals surface area contributed by atoms with Crippen LogP contribution in [0.5, 0.6) is 0 Å². The van der Waals surface area contributed by atoms with E-state index in [9.17, 15) is 8.42 Å². The molecule has 1 aromatic rings. The molecule has 1 aromatic carbocycles. The maximum atomic E-state index is 12.4. The molecular formula is C13H18ClNO2S. The number of hydrogen-bond acceptors (Lipinski definition) is 2. The standard InChI is InChI=1S/C13H18ClNO2S/c1-5-15(9-10(2)3)18(16,17)12-7-6-11(4)13(14)8-12/h6-8H,2,5,9H2,1,3-4H3. The van der Waals surface area contributed by atoms with Crippen molar-refractivity contribution in [3.05, 3.63) is 40.9 Å². The third-order valence-corrected chi connectivity index (χ3v) is 4.90. The molecule has 1 rings (SSSR count). The molecule has 0 aliphatic rings. The molecule has 3 nitrogen and oxygen atoms in total. The quantitative estimate of drug-likeness (QED) is 0.780. The molecule has 0 aliphatic heterocycles. The number of benzene rings is 1. The number of hydrogen-bond donors (Lipinski definition) is 0. The van der Waals surface area contributed by atoms with Gasteiger partial charge in [0.2, 0.25) is 10.0 Å². The van der Waals surface area contributed by atoms with Crippen LogP contribution in [0.2, 0.25) is 5.02 Å². The number of sulfonamides is 1. The van der Waals surface area contributed by atoms with E-state index in [1.807, 2.05) is 6.92 Å². The van der Waals surface area contributed by atoms with E-state index in [1.165, 1.54) is 10.4 Å². The molecule has 0 radical (unpaired) electrons. The zero-order valence-corrected chi connectivity index (χ0v) is 12.5. The molecule has 0 N–H and O–H groups in total. The van der Waals surface area contributed by atoms with Crippen LogP contribution in [0.25, 0.3) is 0 Å². The molecule has 0 aromatic heterocycles. The molecule has 0 bridgehead atoms. The van der Waals surface area contributed by atoms with E-state index in [2.05, 4.69) is 6.58 Å². The lowest BCUT2D eigenvalue weighted by Gasteiger charge is -2.20. The molecule has 0 unspecified atom stereocenters. The van der Waals surface area contributed by atoms with Crippen molar-refractivity contribution >= 4 is 21.6 Å². The molecule has 100 valence electrons. The summed E-state index contributed by atoms with van der Waals surface area (Å²) in [5, 5.41) is 0.461. The highest BCUT2D eigenvalue weighted by molar-refractivity contribution is 7.89. The predicted octanol–water partition coefficient (Wildman–Crippen LogP) is 3.24. The SMILES string of the molecule is C=C(C)CN(CC)S(=O)(=O)c1ccc(C)c(Cl)c1. The van der Waals surface area contributed by atoms with E-state index in [1.54, 1.807) is 26.0 Å². The first-order valence-corrected chi connectivity index (χ1v) is 7.51. The predicted molar refractivity (Wildman–Crippen MR) is 75.4 cm³/mol. The second kappa shape index (κ2) is 5.87. The van der Waals surface area contributed by atoms with Crippen LogP contribution in [0.3, 0.4) is 0 Å². The Balaban J connectivity index is 3.18. The molecule has 0 amide bonds. The van der Waals surface area contributed by atoms with E-state index < -0.39 is 10.0 Å². The van der Waals surface area contributed by atoms with Crippen molar-refractivity contribution in [2.24, 2.45) is 0 Å². The lowest BCUT2D eigenvalue weighted by atomic mass is 10.2. The number of aryl methyl sites for hydroxylation is 1. The average Bonchev–Trinajstić information content (AvgIpc) is 2.28. The van der Waals surface area contributed by atoms with Crippen LogP contribution in [0.1, 0.15) is 19.4 Å². The Morgan fingerprint density at radius 2 is 2.06 bits per heavy atom. The highest BCUT2D eigenvalue weighted by Gasteiger charge is 2.23. The Bertz CT molecular complexity index is 552. The van der Waals surface area contributed by atoms with Crippen molar-refractivity contribution in [3.63, 3.8) is 0 Å². The molecular weight excluding hydrogens is 270 g/mol. The minimum atomic E-state index is -3.50.